The molecule has 1 amide bonds. The number of rotatable bonds is 9. The van der Waals surface area contributed by atoms with Crippen molar-refractivity contribution >= 4 is 29.6 Å². The third kappa shape index (κ3) is 10.9. The Kier molecular flexibility index (Phi) is 13.9. The van der Waals surface area contributed by atoms with Gasteiger partial charge >= 0.3 is 37.1 Å². The molecule has 0 aliphatic heterocycles. The van der Waals surface area contributed by atoms with E-state index in [4.69, 9.17) is 9.47 Å². The first kappa shape index (κ1) is 36.4. The molecular weight excluding hydrogens is 528 g/mol. The fraction of sp³-hybridized carbons (Fsp3) is 0.333. The van der Waals surface area contributed by atoms with Gasteiger partial charge in [-0.1, -0.05) is 36.4 Å². The average Bonchev–Trinajstić information content (AvgIpc) is 2.81. The second-order valence-corrected chi connectivity index (χ2v) is 9.09. The summed E-state index contributed by atoms with van der Waals surface area (Å²) in [5.41, 5.74) is -3.59. The number of ether oxygens (including phenoxy) is 2. The zero-order valence-electron chi connectivity index (χ0n) is 23.0. The molecule has 0 aliphatic rings. The number of hydrogen-bond donors (Lipinski definition) is 1. The Morgan fingerprint density at radius 1 is 1.15 bits per heavy atom. The normalized spacial score (nSPS) is 12.5. The molecule has 0 bridgehead atoms. The molecule has 0 spiro atoms. The number of esters is 1. The summed E-state index contributed by atoms with van der Waals surface area (Å²) in [4.78, 5) is 46.2. The van der Waals surface area contributed by atoms with Crippen LogP contribution in [0.5, 0.6) is 0 Å². The number of hydrogen-bond acceptors (Lipinski definition) is 7. The van der Waals surface area contributed by atoms with Gasteiger partial charge in [0.05, 0.1) is 7.11 Å². The number of halogens is 3. The van der Waals surface area contributed by atoms with E-state index in [0.717, 1.165) is 19.2 Å². The summed E-state index contributed by atoms with van der Waals surface area (Å²) in [6, 6.07) is 9.75. The van der Waals surface area contributed by atoms with E-state index in [0.29, 0.717) is 11.6 Å². The fourth-order valence-electron chi connectivity index (χ4n) is 3.47. The first-order valence-electron chi connectivity index (χ1n) is 11.1. The van der Waals surface area contributed by atoms with Crippen LogP contribution in [0.25, 0.3) is 5.57 Å². The number of methoxy groups -OCH3 is 1. The molecule has 0 unspecified atom stereocenters. The molecule has 0 saturated carbocycles. The van der Waals surface area contributed by atoms with Gasteiger partial charge in [0.1, 0.15) is 11.6 Å². The quantitative estimate of drug-likeness (QED) is 0.125. The first-order chi connectivity index (χ1) is 17.6. The smallest absolute Gasteiger partial charge is 0.467 e. The van der Waals surface area contributed by atoms with Gasteiger partial charge in [-0.3, -0.25) is 10.1 Å². The molecule has 212 valence electrons. The van der Waals surface area contributed by atoms with Gasteiger partial charge in [0.2, 0.25) is 0 Å². The number of carbonyl (C=O) groups is 2. The fourth-order valence-corrected chi connectivity index (χ4v) is 3.47. The molecule has 0 heterocycles. The molecule has 9 nitrogen and oxygen atoms in total. The summed E-state index contributed by atoms with van der Waals surface area (Å²) < 4.78 is 51.8. The van der Waals surface area contributed by atoms with Crippen LogP contribution in [0.15, 0.2) is 48.0 Å². The molecule has 0 radical (unpaired) electrons. The number of nitro benzene ring substituents is 1. The van der Waals surface area contributed by atoms with E-state index >= 15 is 0 Å². The van der Waals surface area contributed by atoms with Crippen LogP contribution in [0.2, 0.25) is 0 Å². The number of non-ortho nitro benzene ring substituents is 1. The number of amides is 1. The molecule has 13 heteroatoms. The molecule has 2 aromatic rings. The van der Waals surface area contributed by atoms with Crippen molar-refractivity contribution in [2.45, 2.75) is 51.4 Å². The van der Waals surface area contributed by atoms with E-state index in [-0.39, 0.29) is 38.3 Å². The second-order valence-electron chi connectivity index (χ2n) is 9.09. The van der Waals surface area contributed by atoms with Gasteiger partial charge < -0.3 is 27.0 Å². The van der Waals surface area contributed by atoms with Crippen LogP contribution >= 0.6 is 0 Å². The number of nitrogens with zero attached hydrogens (tertiary/aromatic N) is 1. The van der Waals surface area contributed by atoms with Gasteiger partial charge in [-0.05, 0) is 50.2 Å². The molecule has 1 N–H and O–H groups in total. The van der Waals surface area contributed by atoms with Crippen molar-refractivity contribution in [3.05, 3.63) is 88.3 Å². The molecular formula is C27H28F3LiN2O7-2. The van der Waals surface area contributed by atoms with Gasteiger partial charge in [-0.25, -0.2) is 9.59 Å². The minimum Gasteiger partial charge on any atom is -0.467 e. The monoisotopic (exact) mass is 556 g/mol. The van der Waals surface area contributed by atoms with Crippen LogP contribution in [0, 0.1) is 23.6 Å². The molecule has 2 rings (SSSR count). The van der Waals surface area contributed by atoms with Crippen LogP contribution in [-0.4, -0.2) is 48.2 Å². The van der Waals surface area contributed by atoms with Gasteiger partial charge in [0, 0.05) is 11.3 Å². The van der Waals surface area contributed by atoms with Crippen molar-refractivity contribution < 1.29 is 60.8 Å². The second kappa shape index (κ2) is 15.2. The topological polar surface area (TPSA) is 125 Å². The van der Waals surface area contributed by atoms with Crippen molar-refractivity contribution in [3.8, 4) is 0 Å². The van der Waals surface area contributed by atoms with E-state index < -0.39 is 63.6 Å². The molecule has 2 aromatic carbocycles. The molecule has 0 fully saturated rings. The molecule has 0 aromatic heterocycles. The van der Waals surface area contributed by atoms with Crippen LogP contribution in [0.3, 0.4) is 0 Å². The van der Waals surface area contributed by atoms with Gasteiger partial charge in [-0.15, -0.1) is 23.3 Å². The zero-order valence-corrected chi connectivity index (χ0v) is 23.0. The summed E-state index contributed by atoms with van der Waals surface area (Å²) in [6.07, 6.45) is -5.21. The Morgan fingerprint density at radius 2 is 1.77 bits per heavy atom. The Morgan fingerprint density at radius 3 is 2.30 bits per heavy atom. The Hall–Kier alpha value is -3.62. The van der Waals surface area contributed by atoms with Gasteiger partial charge in [0.25, 0.3) is 0 Å². The Bertz CT molecular complexity index is 1240. The number of benzene rings is 2. The van der Waals surface area contributed by atoms with Crippen molar-refractivity contribution in [2.75, 3.05) is 7.11 Å². The van der Waals surface area contributed by atoms with E-state index in [1.165, 1.54) is 24.5 Å². The number of alkyl halides is 3. The number of nitro groups is 1. The number of carbonyl (C=O) groups excluding carboxylic acids is 3. The molecule has 0 saturated heterocycles. The minimum atomic E-state index is -5.04. The van der Waals surface area contributed by atoms with Crippen molar-refractivity contribution in [2.24, 2.45) is 0 Å². The largest absolute Gasteiger partial charge is 1.00 e. The van der Waals surface area contributed by atoms with E-state index in [2.05, 4.69) is 11.4 Å². The third-order valence-corrected chi connectivity index (χ3v) is 4.96. The standard InChI is InChI=1S/C26H25F3N2O7.CH3.Li/c1-25(2,3)38-24(34)30-21(23(33)37-4)13-17-8-5-7-16(11-17)12-19(15-32)22(26(27,28)29)18-9-6-10-20(14-18)31(35)36;;/h5-8,10-11,14,21H,12-13H2,1-4H3,(H,30,34);1H3;/q-2;-1;+1/b22-19+;;/t21-;;/m0../s1. The first-order valence-corrected chi connectivity index (χ1v) is 11.1. The summed E-state index contributed by atoms with van der Waals surface area (Å²) in [7, 11) is 1.13. The average molecular weight is 556 g/mol. The Balaban J connectivity index is 0.00000760. The van der Waals surface area contributed by atoms with Crippen LogP contribution in [0.4, 0.5) is 23.7 Å². The van der Waals surface area contributed by atoms with Gasteiger partial charge in [-0.2, -0.15) is 13.2 Å². The van der Waals surface area contributed by atoms with Crippen molar-refractivity contribution in [3.63, 3.8) is 0 Å². The zero-order chi connectivity index (χ0) is 28.7. The van der Waals surface area contributed by atoms with Gasteiger partial charge in [0.15, 0.2) is 5.69 Å². The maximum absolute atomic E-state index is 14.0. The summed E-state index contributed by atoms with van der Waals surface area (Å²) in [6.45, 7) is 4.91. The maximum atomic E-state index is 14.0. The molecule has 1 atom stereocenters. The predicted molar refractivity (Wildman–Crippen MR) is 136 cm³/mol. The summed E-state index contributed by atoms with van der Waals surface area (Å²) in [5.74, 6) is -0.774. The molecule has 40 heavy (non-hydrogen) atoms. The van der Waals surface area contributed by atoms with E-state index in [9.17, 15) is 37.7 Å². The van der Waals surface area contributed by atoms with Crippen molar-refractivity contribution in [1.29, 1.82) is 0 Å². The van der Waals surface area contributed by atoms with E-state index in [1.807, 2.05) is 0 Å². The van der Waals surface area contributed by atoms with Crippen LogP contribution in [0.1, 0.15) is 37.5 Å². The van der Waals surface area contributed by atoms with Crippen LogP contribution in [-0.2, 0) is 31.9 Å². The maximum Gasteiger partial charge on any atom is 1.00 e. The summed E-state index contributed by atoms with van der Waals surface area (Å²) in [5, 5.41) is 13.4. The number of nitrogens with one attached hydrogen (secondary N) is 1. The molecule has 0 aliphatic carbocycles. The SMILES string of the molecule is COC(=O)[C@H](Cc1cccc(C/C([C-]=O)=C(/c2[c-]ccc([N+](=O)[O-])c2)C(F)(F)F)c1)NC(=O)OC(C)(C)C.[CH3-].[Li+]. The summed E-state index contributed by atoms with van der Waals surface area (Å²) >= 11 is 0. The Labute approximate surface area is 242 Å². The van der Waals surface area contributed by atoms with Crippen molar-refractivity contribution in [1.82, 2.24) is 5.32 Å². The predicted octanol–water partition coefficient (Wildman–Crippen LogP) is 2.13. The number of alkyl carbamates (subject to hydrolysis) is 1. The number of allylic oxidation sites excluding steroid dienone is 2. The third-order valence-electron chi connectivity index (χ3n) is 4.96. The van der Waals surface area contributed by atoms with E-state index in [1.54, 1.807) is 26.8 Å². The minimum absolute atomic E-state index is 0. The van der Waals surface area contributed by atoms with Crippen LogP contribution < -0.4 is 24.2 Å².